The molecule has 2 aromatic rings. The molecule has 5 rings (SSSR count). The maximum Gasteiger partial charge on any atom is 0.314 e. The lowest BCUT2D eigenvalue weighted by Crippen LogP contribution is -2.47. The third-order valence-electron chi connectivity index (χ3n) is 8.55. The Hall–Kier alpha value is -1.97. The number of piperidine rings is 2. The molecule has 0 radical (unpaired) electrons. The van der Waals surface area contributed by atoms with Crippen LogP contribution in [0.3, 0.4) is 0 Å². The van der Waals surface area contributed by atoms with E-state index in [1.165, 1.54) is 0 Å². The van der Waals surface area contributed by atoms with Crippen molar-refractivity contribution in [3.05, 3.63) is 60.7 Å². The summed E-state index contributed by atoms with van der Waals surface area (Å²) < 4.78 is 1.87. The summed E-state index contributed by atoms with van der Waals surface area (Å²) in [5.41, 5.74) is 9.03. The Morgan fingerprint density at radius 2 is 1.71 bits per heavy atom. The summed E-state index contributed by atoms with van der Waals surface area (Å²) in [5, 5.41) is 0.691. The van der Waals surface area contributed by atoms with Crippen LogP contribution in [0, 0.1) is 11.8 Å². The number of likely N-dealkylation sites (tertiary alicyclic amines) is 2. The fraction of sp³-hybridized carbons (Fsp3) is 0.500. The van der Waals surface area contributed by atoms with Gasteiger partial charge in [0.15, 0.2) is 0 Å². The Morgan fingerprint density at radius 3 is 2.37 bits per heavy atom. The van der Waals surface area contributed by atoms with E-state index in [0.29, 0.717) is 43.5 Å². The van der Waals surface area contributed by atoms with Crippen molar-refractivity contribution in [3.8, 4) is 0 Å². The van der Waals surface area contributed by atoms with Crippen LogP contribution in [0.15, 0.2) is 38.3 Å². The number of benzene rings is 1. The molecular weight excluding hydrogens is 634 g/mol. The van der Waals surface area contributed by atoms with Crippen molar-refractivity contribution in [2.24, 2.45) is 22.6 Å². The number of aliphatic imine (C=N–C) groups is 1. The van der Waals surface area contributed by atoms with E-state index < -0.39 is 5.54 Å². The second-order valence-corrected chi connectivity index (χ2v) is 12.8. The number of urea groups is 1. The molecule has 7 nitrogen and oxygen atoms in total. The van der Waals surface area contributed by atoms with Gasteiger partial charge in [-0.3, -0.25) is 14.8 Å². The van der Waals surface area contributed by atoms with E-state index in [1.807, 2.05) is 23.2 Å². The van der Waals surface area contributed by atoms with Gasteiger partial charge in [-0.05, 0) is 102 Å². The molecule has 2 aliphatic heterocycles. The van der Waals surface area contributed by atoms with Crippen molar-refractivity contribution >= 4 is 62.1 Å². The zero-order chi connectivity index (χ0) is 27.0. The van der Waals surface area contributed by atoms with Crippen LogP contribution < -0.4 is 5.73 Å². The fourth-order valence-electron chi connectivity index (χ4n) is 6.61. The molecular formula is C28H32Br2ClN5O2. The van der Waals surface area contributed by atoms with Gasteiger partial charge in [-0.15, -0.1) is 0 Å². The summed E-state index contributed by atoms with van der Waals surface area (Å²) in [4.78, 5) is 38.2. The molecule has 2 saturated heterocycles. The standard InChI is InChI=1S/C28H32Br2ClN5O2/c1-33-28(20-6-10-35(11-7-20)24(37)12-17-4-8-36(9-5-17)27(32)38)25-18(14-22(31)15-23(25)30)2-3-19-13-21(29)16-34-26(19)28/h13-17,20H,1-12H2,(H2,32,38)/t28-/m0/s1. The summed E-state index contributed by atoms with van der Waals surface area (Å²) in [7, 11) is 0. The molecule has 1 aromatic heterocycles. The Balaban J connectivity index is 1.39. The fourth-order valence-corrected chi connectivity index (χ4v) is 8.17. The number of hydrogen-bond acceptors (Lipinski definition) is 4. The number of pyridine rings is 1. The highest BCUT2D eigenvalue weighted by molar-refractivity contribution is 9.10. The van der Waals surface area contributed by atoms with Crippen LogP contribution in [-0.4, -0.2) is 59.6 Å². The lowest BCUT2D eigenvalue weighted by Gasteiger charge is -2.43. The van der Waals surface area contributed by atoms with Gasteiger partial charge in [-0.25, -0.2) is 4.79 Å². The quantitative estimate of drug-likeness (QED) is 0.424. The van der Waals surface area contributed by atoms with Crippen LogP contribution in [-0.2, 0) is 23.2 Å². The highest BCUT2D eigenvalue weighted by Gasteiger charge is 2.48. The Kier molecular flexibility index (Phi) is 8.17. The van der Waals surface area contributed by atoms with Crippen molar-refractivity contribution in [2.45, 2.75) is 50.5 Å². The molecule has 1 aliphatic carbocycles. The number of hydrogen-bond donors (Lipinski definition) is 1. The Morgan fingerprint density at radius 1 is 1.05 bits per heavy atom. The number of carbonyl (C=O) groups is 2. The van der Waals surface area contributed by atoms with Crippen LogP contribution in [0.5, 0.6) is 0 Å². The summed E-state index contributed by atoms with van der Waals surface area (Å²) in [6.45, 7) is 6.74. The van der Waals surface area contributed by atoms with Gasteiger partial charge in [0.2, 0.25) is 5.91 Å². The summed E-state index contributed by atoms with van der Waals surface area (Å²) >= 11 is 13.9. The summed E-state index contributed by atoms with van der Waals surface area (Å²) in [6.07, 6.45) is 7.28. The first-order valence-electron chi connectivity index (χ1n) is 13.2. The van der Waals surface area contributed by atoms with Crippen LogP contribution in [0.1, 0.15) is 54.5 Å². The van der Waals surface area contributed by atoms with Crippen molar-refractivity contribution < 1.29 is 9.59 Å². The summed E-state index contributed by atoms with van der Waals surface area (Å²) in [6, 6.07) is 5.75. The number of nitrogens with two attached hydrogens (primary N) is 1. The van der Waals surface area contributed by atoms with Crippen molar-refractivity contribution in [1.29, 1.82) is 0 Å². The Bertz CT molecular complexity index is 1260. The molecule has 2 fully saturated rings. The van der Waals surface area contributed by atoms with E-state index >= 15 is 0 Å². The van der Waals surface area contributed by atoms with E-state index in [9.17, 15) is 9.59 Å². The van der Waals surface area contributed by atoms with Gasteiger partial charge in [0.25, 0.3) is 0 Å². The van der Waals surface area contributed by atoms with Gasteiger partial charge in [0.05, 0.1) is 5.69 Å². The molecule has 0 saturated carbocycles. The third kappa shape index (κ3) is 5.13. The average Bonchev–Trinajstić information content (AvgIpc) is 3.03. The first kappa shape index (κ1) is 27.6. The van der Waals surface area contributed by atoms with Gasteiger partial charge in [0, 0.05) is 58.3 Å². The smallest absolute Gasteiger partial charge is 0.314 e. The molecule has 0 bridgehead atoms. The number of halogens is 3. The van der Waals surface area contributed by atoms with E-state index in [1.54, 1.807) is 4.90 Å². The largest absolute Gasteiger partial charge is 0.351 e. The normalized spacial score (nSPS) is 22.4. The second kappa shape index (κ2) is 11.3. The molecule has 10 heteroatoms. The van der Waals surface area contributed by atoms with Gasteiger partial charge in [0.1, 0.15) is 5.54 Å². The highest BCUT2D eigenvalue weighted by atomic mass is 79.9. The number of aromatic nitrogens is 1. The zero-order valence-electron chi connectivity index (χ0n) is 21.3. The minimum Gasteiger partial charge on any atom is -0.351 e. The van der Waals surface area contributed by atoms with Crippen LogP contribution in [0.4, 0.5) is 4.79 Å². The maximum atomic E-state index is 13.2. The zero-order valence-corrected chi connectivity index (χ0v) is 25.2. The Labute approximate surface area is 245 Å². The highest BCUT2D eigenvalue weighted by Crippen LogP contribution is 2.51. The predicted octanol–water partition coefficient (Wildman–Crippen LogP) is 5.72. The first-order chi connectivity index (χ1) is 18.2. The number of fused-ring (bicyclic) bond motifs is 2. The van der Waals surface area contributed by atoms with E-state index in [4.69, 9.17) is 27.3 Å². The van der Waals surface area contributed by atoms with Crippen molar-refractivity contribution in [2.75, 3.05) is 26.2 Å². The molecule has 1 atom stereocenters. The molecule has 3 heterocycles. The number of amides is 3. The minimum atomic E-state index is -0.734. The molecule has 3 amide bonds. The van der Waals surface area contributed by atoms with Gasteiger partial charge < -0.3 is 15.5 Å². The predicted molar refractivity (Wildman–Crippen MR) is 157 cm³/mol. The number of carbonyl (C=O) groups excluding carboxylic acids is 2. The van der Waals surface area contributed by atoms with E-state index in [0.717, 1.165) is 69.9 Å². The summed E-state index contributed by atoms with van der Waals surface area (Å²) in [5.74, 6) is 0.615. The number of rotatable bonds is 4. The topological polar surface area (TPSA) is 91.9 Å². The van der Waals surface area contributed by atoms with Gasteiger partial charge in [-0.2, -0.15) is 0 Å². The SMILES string of the molecule is C=N[C@]1(C2CCN(C(=O)CC3CCN(C(N)=O)CC3)CC2)c2ncc(Br)cc2CCc2cc(Cl)cc(Br)c21. The van der Waals surface area contributed by atoms with Gasteiger partial charge in [-0.1, -0.05) is 27.5 Å². The van der Waals surface area contributed by atoms with E-state index in [2.05, 4.69) is 44.6 Å². The first-order valence-corrected chi connectivity index (χ1v) is 15.1. The third-order valence-corrected chi connectivity index (χ3v) is 9.83. The lowest BCUT2D eigenvalue weighted by molar-refractivity contribution is -0.134. The molecule has 0 spiro atoms. The maximum absolute atomic E-state index is 13.2. The molecule has 2 N–H and O–H groups in total. The molecule has 3 aliphatic rings. The van der Waals surface area contributed by atoms with E-state index in [-0.39, 0.29) is 17.9 Å². The number of primary amides is 1. The number of nitrogens with zero attached hydrogens (tertiary/aromatic N) is 4. The van der Waals surface area contributed by atoms with Crippen LogP contribution in [0.2, 0.25) is 5.02 Å². The molecule has 38 heavy (non-hydrogen) atoms. The molecule has 202 valence electrons. The van der Waals surface area contributed by atoms with Crippen molar-refractivity contribution in [3.63, 3.8) is 0 Å². The number of aryl methyl sites for hydroxylation is 2. The van der Waals surface area contributed by atoms with Crippen LogP contribution >= 0.6 is 43.5 Å². The molecule has 0 unspecified atom stereocenters. The minimum absolute atomic E-state index is 0.129. The van der Waals surface area contributed by atoms with Crippen LogP contribution in [0.25, 0.3) is 0 Å². The second-order valence-electron chi connectivity index (χ2n) is 10.6. The monoisotopic (exact) mass is 663 g/mol. The average molecular weight is 666 g/mol. The van der Waals surface area contributed by atoms with Gasteiger partial charge >= 0.3 is 6.03 Å². The molecule has 1 aromatic carbocycles. The lowest BCUT2D eigenvalue weighted by atomic mass is 9.70. The van der Waals surface area contributed by atoms with Crippen molar-refractivity contribution in [1.82, 2.24) is 14.8 Å².